The summed E-state index contributed by atoms with van der Waals surface area (Å²) in [6.45, 7) is 0.688. The van der Waals surface area contributed by atoms with E-state index in [-0.39, 0.29) is 11.9 Å². The van der Waals surface area contributed by atoms with Crippen molar-refractivity contribution in [2.45, 2.75) is 25.4 Å². The minimum absolute atomic E-state index is 0.0630. The molecule has 1 unspecified atom stereocenters. The third-order valence-electron chi connectivity index (χ3n) is 2.91. The summed E-state index contributed by atoms with van der Waals surface area (Å²) in [6, 6.07) is 5.36. The van der Waals surface area contributed by atoms with Crippen molar-refractivity contribution in [2.24, 2.45) is 0 Å². The Kier molecular flexibility index (Phi) is 4.18. The smallest absolute Gasteiger partial charge is 0.191 e. The number of ketones is 1. The highest BCUT2D eigenvalue weighted by Crippen LogP contribution is 2.27. The van der Waals surface area contributed by atoms with Gasteiger partial charge in [0.1, 0.15) is 11.9 Å². The molecule has 0 bridgehead atoms. The number of halogens is 1. The van der Waals surface area contributed by atoms with E-state index in [2.05, 4.69) is 15.9 Å². The first-order valence-corrected chi connectivity index (χ1v) is 6.51. The molecule has 1 aliphatic heterocycles. The topological polar surface area (TPSA) is 35.5 Å². The fourth-order valence-corrected chi connectivity index (χ4v) is 2.49. The lowest BCUT2D eigenvalue weighted by molar-refractivity contribution is 0.0186. The van der Waals surface area contributed by atoms with E-state index >= 15 is 0 Å². The van der Waals surface area contributed by atoms with Crippen LogP contribution in [0.4, 0.5) is 0 Å². The van der Waals surface area contributed by atoms with E-state index in [1.807, 2.05) is 0 Å². The van der Waals surface area contributed by atoms with Crippen LogP contribution in [0.3, 0.4) is 0 Å². The molecular weight excluding hydrogens is 284 g/mol. The normalized spacial score (nSPS) is 20.0. The lowest BCUT2D eigenvalue weighted by atomic mass is 10.00. The largest absolute Gasteiger partial charge is 0.496 e. The van der Waals surface area contributed by atoms with Crippen LogP contribution in [0.2, 0.25) is 0 Å². The highest BCUT2D eigenvalue weighted by atomic mass is 79.9. The van der Waals surface area contributed by atoms with Gasteiger partial charge in [-0.25, -0.2) is 0 Å². The molecule has 17 heavy (non-hydrogen) atoms. The molecule has 2 rings (SSSR count). The second-order valence-corrected chi connectivity index (χ2v) is 4.92. The van der Waals surface area contributed by atoms with Gasteiger partial charge in [-0.3, -0.25) is 4.79 Å². The first-order valence-electron chi connectivity index (χ1n) is 5.71. The van der Waals surface area contributed by atoms with E-state index in [0.717, 1.165) is 29.5 Å². The van der Waals surface area contributed by atoms with Crippen LogP contribution < -0.4 is 4.74 Å². The summed E-state index contributed by atoms with van der Waals surface area (Å²) in [4.78, 5) is 12.2. The highest BCUT2D eigenvalue weighted by Gasteiger charge is 2.23. The fraction of sp³-hybridized carbons (Fsp3) is 0.462. The number of methoxy groups -OCH3 is 1. The second kappa shape index (κ2) is 5.65. The molecule has 1 fully saturated rings. The Balaban J connectivity index is 2.16. The molecule has 0 amide bonds. The number of rotatable bonds is 3. The predicted octanol–water partition coefficient (Wildman–Crippen LogP) is 3.21. The molecule has 3 nitrogen and oxygen atoms in total. The molecule has 4 heteroatoms. The summed E-state index contributed by atoms with van der Waals surface area (Å²) < 4.78 is 11.4. The first kappa shape index (κ1) is 12.6. The number of carbonyl (C=O) groups excluding carboxylic acids is 1. The number of carbonyl (C=O) groups is 1. The van der Waals surface area contributed by atoms with Crippen molar-refractivity contribution in [3.05, 3.63) is 28.2 Å². The number of hydrogen-bond donors (Lipinski definition) is 0. The molecule has 1 atom stereocenters. The van der Waals surface area contributed by atoms with Crippen LogP contribution in [0.1, 0.15) is 29.6 Å². The van der Waals surface area contributed by atoms with Gasteiger partial charge >= 0.3 is 0 Å². The molecule has 0 radical (unpaired) electrons. The van der Waals surface area contributed by atoms with Crippen molar-refractivity contribution < 1.29 is 14.3 Å². The predicted molar refractivity (Wildman–Crippen MR) is 68.6 cm³/mol. The van der Waals surface area contributed by atoms with E-state index in [4.69, 9.17) is 9.47 Å². The average molecular weight is 299 g/mol. The van der Waals surface area contributed by atoms with Crippen molar-refractivity contribution >= 4 is 21.7 Å². The molecule has 0 N–H and O–H groups in total. The SMILES string of the molecule is COc1ccc(C(=O)C2CCCCO2)cc1Br. The Bertz CT molecular complexity index is 411. The van der Waals surface area contributed by atoms with Crippen LogP contribution in [0.5, 0.6) is 5.75 Å². The van der Waals surface area contributed by atoms with Gasteiger partial charge in [0.25, 0.3) is 0 Å². The van der Waals surface area contributed by atoms with Gasteiger partial charge in [-0.2, -0.15) is 0 Å². The Morgan fingerprint density at radius 3 is 2.88 bits per heavy atom. The number of benzene rings is 1. The van der Waals surface area contributed by atoms with Gasteiger partial charge in [0.2, 0.25) is 0 Å². The van der Waals surface area contributed by atoms with Crippen molar-refractivity contribution in [1.29, 1.82) is 0 Å². The van der Waals surface area contributed by atoms with Crippen LogP contribution in [0, 0.1) is 0 Å². The zero-order valence-corrected chi connectivity index (χ0v) is 11.3. The zero-order chi connectivity index (χ0) is 12.3. The minimum Gasteiger partial charge on any atom is -0.496 e. The van der Waals surface area contributed by atoms with E-state index in [0.29, 0.717) is 12.2 Å². The maximum Gasteiger partial charge on any atom is 0.191 e. The first-order chi connectivity index (χ1) is 8.22. The summed E-state index contributed by atoms with van der Waals surface area (Å²) in [6.07, 6.45) is 2.66. The quantitative estimate of drug-likeness (QED) is 0.804. The van der Waals surface area contributed by atoms with Gasteiger partial charge in [-0.05, 0) is 53.4 Å². The summed E-state index contributed by atoms with van der Waals surface area (Å²) in [7, 11) is 1.60. The molecule has 1 saturated heterocycles. The van der Waals surface area contributed by atoms with Crippen LogP contribution >= 0.6 is 15.9 Å². The minimum atomic E-state index is -0.274. The number of ether oxygens (including phenoxy) is 2. The van der Waals surface area contributed by atoms with Gasteiger partial charge in [-0.15, -0.1) is 0 Å². The lowest BCUT2D eigenvalue weighted by Gasteiger charge is -2.21. The third kappa shape index (κ3) is 2.87. The maximum absolute atomic E-state index is 12.2. The van der Waals surface area contributed by atoms with E-state index in [1.54, 1.807) is 25.3 Å². The molecule has 1 aliphatic rings. The number of Topliss-reactive ketones (excluding diaryl/α,β-unsaturated/α-hetero) is 1. The highest BCUT2D eigenvalue weighted by molar-refractivity contribution is 9.10. The molecule has 0 saturated carbocycles. The number of hydrogen-bond acceptors (Lipinski definition) is 3. The average Bonchev–Trinajstić information content (AvgIpc) is 2.39. The van der Waals surface area contributed by atoms with Crippen molar-refractivity contribution in [1.82, 2.24) is 0 Å². The molecule has 1 heterocycles. The van der Waals surface area contributed by atoms with Crippen LogP contribution in [-0.4, -0.2) is 25.6 Å². The molecule has 1 aromatic rings. The summed E-state index contributed by atoms with van der Waals surface area (Å²) in [5.74, 6) is 0.791. The van der Waals surface area contributed by atoms with Crippen molar-refractivity contribution in [2.75, 3.05) is 13.7 Å². The Morgan fingerprint density at radius 2 is 2.29 bits per heavy atom. The molecule has 92 valence electrons. The monoisotopic (exact) mass is 298 g/mol. The van der Waals surface area contributed by atoms with Crippen LogP contribution in [0.15, 0.2) is 22.7 Å². The van der Waals surface area contributed by atoms with E-state index in [9.17, 15) is 4.79 Å². The van der Waals surface area contributed by atoms with Gasteiger partial charge < -0.3 is 9.47 Å². The summed E-state index contributed by atoms with van der Waals surface area (Å²) in [5.41, 5.74) is 0.671. The van der Waals surface area contributed by atoms with Gasteiger partial charge in [-0.1, -0.05) is 0 Å². The molecule has 1 aromatic carbocycles. The third-order valence-corrected chi connectivity index (χ3v) is 3.53. The van der Waals surface area contributed by atoms with Crippen molar-refractivity contribution in [3.63, 3.8) is 0 Å². The van der Waals surface area contributed by atoms with Gasteiger partial charge in [0.05, 0.1) is 11.6 Å². The molecular formula is C13H15BrO3. The van der Waals surface area contributed by atoms with Crippen LogP contribution in [-0.2, 0) is 4.74 Å². The lowest BCUT2D eigenvalue weighted by Crippen LogP contribution is -2.28. The summed E-state index contributed by atoms with van der Waals surface area (Å²) in [5, 5.41) is 0. The van der Waals surface area contributed by atoms with E-state index in [1.165, 1.54) is 0 Å². The van der Waals surface area contributed by atoms with E-state index < -0.39 is 0 Å². The fourth-order valence-electron chi connectivity index (χ4n) is 1.95. The summed E-state index contributed by atoms with van der Waals surface area (Å²) >= 11 is 3.38. The molecule has 0 aliphatic carbocycles. The van der Waals surface area contributed by atoms with Gasteiger partial charge in [0, 0.05) is 12.2 Å². The Labute approximate surface area is 109 Å². The second-order valence-electron chi connectivity index (χ2n) is 4.07. The Morgan fingerprint density at radius 1 is 1.47 bits per heavy atom. The maximum atomic E-state index is 12.2. The Hall–Kier alpha value is -0.870. The van der Waals surface area contributed by atoms with Crippen LogP contribution in [0.25, 0.3) is 0 Å². The zero-order valence-electron chi connectivity index (χ0n) is 9.74. The standard InChI is InChI=1S/C13H15BrO3/c1-16-11-6-5-9(8-10(11)14)13(15)12-4-2-3-7-17-12/h5-6,8,12H,2-4,7H2,1H3. The van der Waals surface area contributed by atoms with Gasteiger partial charge in [0.15, 0.2) is 5.78 Å². The molecule has 0 aromatic heterocycles. The molecule has 0 spiro atoms. The van der Waals surface area contributed by atoms with Crippen molar-refractivity contribution in [3.8, 4) is 5.75 Å².